The molecule has 5 nitrogen and oxygen atoms in total. The topological polar surface area (TPSA) is 75.3 Å². The minimum atomic E-state index is -3.43. The molecule has 1 heterocycles. The van der Waals surface area contributed by atoms with Gasteiger partial charge in [0.25, 0.3) is 5.91 Å². The standard InChI is InChI=1S/C23H26N2O3S2/c1-15(2)17-9-11-18(12-10-17)22(21-6-5-13-29-21)24-23(26)19-8-7-16(3)20(14-19)25-30(4,27)28/h5-15,22,25H,1-4H3,(H,24,26). The number of nitrogens with one attached hydrogen (secondary N) is 2. The lowest BCUT2D eigenvalue weighted by atomic mass is 9.98. The van der Waals surface area contributed by atoms with Crippen molar-refractivity contribution in [2.24, 2.45) is 0 Å². The summed E-state index contributed by atoms with van der Waals surface area (Å²) in [4.78, 5) is 14.1. The predicted molar refractivity (Wildman–Crippen MR) is 124 cm³/mol. The summed E-state index contributed by atoms with van der Waals surface area (Å²) < 4.78 is 25.7. The van der Waals surface area contributed by atoms with Crippen LogP contribution in [0.25, 0.3) is 0 Å². The van der Waals surface area contributed by atoms with Crippen LogP contribution < -0.4 is 10.0 Å². The van der Waals surface area contributed by atoms with Crippen molar-refractivity contribution >= 4 is 33.0 Å². The Kier molecular flexibility index (Phi) is 6.63. The molecule has 1 unspecified atom stereocenters. The average Bonchev–Trinajstić information content (AvgIpc) is 3.21. The van der Waals surface area contributed by atoms with Gasteiger partial charge in [-0.25, -0.2) is 8.42 Å². The Morgan fingerprint density at radius 1 is 1.00 bits per heavy atom. The molecule has 0 radical (unpaired) electrons. The van der Waals surface area contributed by atoms with Crippen LogP contribution in [0, 0.1) is 6.92 Å². The van der Waals surface area contributed by atoms with Gasteiger partial charge >= 0.3 is 0 Å². The van der Waals surface area contributed by atoms with Crippen molar-refractivity contribution < 1.29 is 13.2 Å². The summed E-state index contributed by atoms with van der Waals surface area (Å²) in [5.41, 5.74) is 3.78. The van der Waals surface area contributed by atoms with E-state index in [1.807, 2.05) is 29.6 Å². The molecular formula is C23H26N2O3S2. The maximum Gasteiger partial charge on any atom is 0.252 e. The van der Waals surface area contributed by atoms with Gasteiger partial charge in [-0.1, -0.05) is 50.2 Å². The molecule has 1 amide bonds. The third-order valence-corrected chi connectivity index (χ3v) is 6.36. The molecule has 1 aromatic heterocycles. The maximum absolute atomic E-state index is 13.0. The molecule has 158 valence electrons. The van der Waals surface area contributed by atoms with Gasteiger partial charge < -0.3 is 5.32 Å². The summed E-state index contributed by atoms with van der Waals surface area (Å²) in [5.74, 6) is 0.167. The Hall–Kier alpha value is -2.64. The van der Waals surface area contributed by atoms with Crippen molar-refractivity contribution in [3.63, 3.8) is 0 Å². The lowest BCUT2D eigenvalue weighted by molar-refractivity contribution is 0.0943. The molecule has 0 fully saturated rings. The zero-order valence-electron chi connectivity index (χ0n) is 17.5. The lowest BCUT2D eigenvalue weighted by Gasteiger charge is -2.19. The Morgan fingerprint density at radius 2 is 1.67 bits per heavy atom. The molecule has 3 rings (SSSR count). The number of thiophene rings is 1. The van der Waals surface area contributed by atoms with Crippen LogP contribution in [0.1, 0.15) is 57.7 Å². The van der Waals surface area contributed by atoms with Crippen LogP contribution in [-0.2, 0) is 10.0 Å². The van der Waals surface area contributed by atoms with Crippen LogP contribution in [0.2, 0.25) is 0 Å². The van der Waals surface area contributed by atoms with Gasteiger partial charge in [0.2, 0.25) is 10.0 Å². The van der Waals surface area contributed by atoms with Gasteiger partial charge in [-0.2, -0.15) is 0 Å². The summed E-state index contributed by atoms with van der Waals surface area (Å²) in [6.07, 6.45) is 1.09. The summed E-state index contributed by atoms with van der Waals surface area (Å²) in [6.45, 7) is 6.08. The first-order chi connectivity index (χ1) is 14.1. The van der Waals surface area contributed by atoms with Crippen LogP contribution in [0.4, 0.5) is 5.69 Å². The van der Waals surface area contributed by atoms with Gasteiger partial charge in [-0.05, 0) is 53.1 Å². The van der Waals surface area contributed by atoms with Crippen molar-refractivity contribution in [2.75, 3.05) is 11.0 Å². The van der Waals surface area contributed by atoms with Crippen LogP contribution >= 0.6 is 11.3 Å². The highest BCUT2D eigenvalue weighted by Gasteiger charge is 2.20. The van der Waals surface area contributed by atoms with Gasteiger partial charge in [0.1, 0.15) is 0 Å². The highest BCUT2D eigenvalue weighted by molar-refractivity contribution is 7.92. The van der Waals surface area contributed by atoms with Crippen molar-refractivity contribution in [1.29, 1.82) is 0 Å². The SMILES string of the molecule is Cc1ccc(C(=O)NC(c2ccc(C(C)C)cc2)c2cccs2)cc1NS(C)(=O)=O. The van der Waals surface area contributed by atoms with Gasteiger partial charge in [0.05, 0.1) is 18.0 Å². The minimum Gasteiger partial charge on any atom is -0.340 e. The van der Waals surface area contributed by atoms with E-state index in [2.05, 4.69) is 36.0 Å². The second-order valence-corrected chi connectivity index (χ2v) is 10.4. The van der Waals surface area contributed by atoms with E-state index in [-0.39, 0.29) is 11.9 Å². The Balaban J connectivity index is 1.90. The molecule has 7 heteroatoms. The molecule has 0 aliphatic carbocycles. The summed E-state index contributed by atoms with van der Waals surface area (Å²) >= 11 is 1.58. The number of anilines is 1. The largest absolute Gasteiger partial charge is 0.340 e. The number of carbonyl (C=O) groups is 1. The van der Waals surface area contributed by atoms with E-state index in [4.69, 9.17) is 0 Å². The normalized spacial score (nSPS) is 12.6. The van der Waals surface area contributed by atoms with E-state index < -0.39 is 10.0 Å². The first-order valence-corrected chi connectivity index (χ1v) is 12.4. The molecule has 0 saturated heterocycles. The maximum atomic E-state index is 13.0. The van der Waals surface area contributed by atoms with Gasteiger partial charge in [0.15, 0.2) is 0 Å². The molecule has 1 atom stereocenters. The van der Waals surface area contributed by atoms with E-state index in [1.165, 1.54) is 5.56 Å². The molecule has 2 N–H and O–H groups in total. The first-order valence-electron chi connectivity index (χ1n) is 9.66. The number of benzene rings is 2. The molecule has 0 bridgehead atoms. The number of rotatable bonds is 7. The number of sulfonamides is 1. The predicted octanol–water partition coefficient (Wildman–Crippen LogP) is 5.07. The number of amides is 1. The fourth-order valence-corrected chi connectivity index (χ4v) is 4.56. The number of hydrogen-bond acceptors (Lipinski definition) is 4. The monoisotopic (exact) mass is 442 g/mol. The van der Waals surface area contributed by atoms with Gasteiger partial charge in [-0.3, -0.25) is 9.52 Å². The zero-order chi connectivity index (χ0) is 21.9. The van der Waals surface area contributed by atoms with E-state index in [9.17, 15) is 13.2 Å². The van der Waals surface area contributed by atoms with Gasteiger partial charge in [-0.15, -0.1) is 11.3 Å². The third kappa shape index (κ3) is 5.49. The summed E-state index contributed by atoms with van der Waals surface area (Å²) in [7, 11) is -3.43. The van der Waals surface area contributed by atoms with Crippen LogP contribution in [0.3, 0.4) is 0 Å². The second kappa shape index (κ2) is 9.02. The quantitative estimate of drug-likeness (QED) is 0.536. The number of carbonyl (C=O) groups excluding carboxylic acids is 1. The van der Waals surface area contributed by atoms with Gasteiger partial charge in [0, 0.05) is 10.4 Å². The van der Waals surface area contributed by atoms with Crippen LogP contribution in [-0.4, -0.2) is 20.6 Å². The third-order valence-electron chi connectivity index (χ3n) is 4.83. The van der Waals surface area contributed by atoms with Crippen LogP contribution in [0.15, 0.2) is 60.0 Å². The summed E-state index contributed by atoms with van der Waals surface area (Å²) in [5, 5.41) is 5.09. The van der Waals surface area contributed by atoms with Crippen molar-refractivity contribution in [1.82, 2.24) is 5.32 Å². The molecule has 3 aromatic rings. The molecular weight excluding hydrogens is 416 g/mol. The Labute approximate surface area is 182 Å². The fraction of sp³-hybridized carbons (Fsp3) is 0.261. The van der Waals surface area contributed by atoms with Crippen LogP contribution in [0.5, 0.6) is 0 Å². The zero-order valence-corrected chi connectivity index (χ0v) is 19.1. The Bertz CT molecular complexity index is 1120. The van der Waals surface area contributed by atoms with E-state index in [0.717, 1.165) is 22.3 Å². The summed E-state index contributed by atoms with van der Waals surface area (Å²) in [6, 6.07) is 17.0. The minimum absolute atomic E-state index is 0.266. The molecule has 2 aromatic carbocycles. The lowest BCUT2D eigenvalue weighted by Crippen LogP contribution is -2.29. The molecule has 0 spiro atoms. The highest BCUT2D eigenvalue weighted by atomic mass is 32.2. The number of aryl methyl sites for hydroxylation is 1. The smallest absolute Gasteiger partial charge is 0.252 e. The van der Waals surface area contributed by atoms with E-state index >= 15 is 0 Å². The molecule has 30 heavy (non-hydrogen) atoms. The highest BCUT2D eigenvalue weighted by Crippen LogP contribution is 2.28. The molecule has 0 aliphatic heterocycles. The average molecular weight is 443 g/mol. The first kappa shape index (κ1) is 22.1. The van der Waals surface area contributed by atoms with Crippen molar-refractivity contribution in [3.8, 4) is 0 Å². The molecule has 0 aliphatic rings. The van der Waals surface area contributed by atoms with E-state index in [1.54, 1.807) is 36.5 Å². The van der Waals surface area contributed by atoms with E-state index in [0.29, 0.717) is 17.2 Å². The molecule has 0 saturated carbocycles. The number of hydrogen-bond donors (Lipinski definition) is 2. The van der Waals surface area contributed by atoms with Crippen molar-refractivity contribution in [2.45, 2.75) is 32.7 Å². The van der Waals surface area contributed by atoms with Crippen molar-refractivity contribution in [3.05, 3.63) is 87.1 Å². The fourth-order valence-electron chi connectivity index (χ4n) is 3.13. The Morgan fingerprint density at radius 3 is 2.23 bits per heavy atom. The second-order valence-electron chi connectivity index (χ2n) is 7.65.